The highest BCUT2D eigenvalue weighted by Gasteiger charge is 2.14. The van der Waals surface area contributed by atoms with Crippen molar-refractivity contribution in [1.82, 2.24) is 29.8 Å². The Morgan fingerprint density at radius 3 is 2.71 bits per heavy atom. The summed E-state index contributed by atoms with van der Waals surface area (Å²) in [4.78, 5) is 12.1. The number of thioether (sulfide) groups is 1. The van der Waals surface area contributed by atoms with Gasteiger partial charge in [0, 0.05) is 12.7 Å². The molecule has 0 spiro atoms. The Hall–Kier alpha value is -3.27. The number of carbonyl (C=O) groups excluding carboxylic acids is 1. The minimum Gasteiger partial charge on any atom is -0.325 e. The molecule has 0 aliphatic heterocycles. The SMILES string of the molecule is Cn1c(Cn2nnc3ccccc32)nnc1SCC(=O)Nc1ccc(F)cc1. The Morgan fingerprint density at radius 2 is 1.89 bits per heavy atom. The Balaban J connectivity index is 1.39. The molecule has 4 rings (SSSR count). The maximum Gasteiger partial charge on any atom is 0.234 e. The van der Waals surface area contributed by atoms with Crippen molar-refractivity contribution in [3.8, 4) is 0 Å². The molecule has 0 fully saturated rings. The molecular weight excluding hydrogens is 381 g/mol. The van der Waals surface area contributed by atoms with E-state index in [1.165, 1.54) is 36.0 Å². The third kappa shape index (κ3) is 3.86. The number of benzene rings is 2. The smallest absolute Gasteiger partial charge is 0.234 e. The number of amides is 1. The van der Waals surface area contributed by atoms with Crippen LogP contribution in [0.15, 0.2) is 53.7 Å². The highest BCUT2D eigenvalue weighted by molar-refractivity contribution is 7.99. The van der Waals surface area contributed by atoms with Crippen molar-refractivity contribution in [3.05, 3.63) is 60.2 Å². The number of hydrogen-bond acceptors (Lipinski definition) is 6. The van der Waals surface area contributed by atoms with Crippen molar-refractivity contribution in [2.24, 2.45) is 7.05 Å². The molecular formula is C18H16FN7OS. The standard InChI is InChI=1S/C18H16FN7OS/c1-25-16(10-26-15-5-3-2-4-14(15)21-24-26)22-23-18(25)28-11-17(27)20-13-8-6-12(19)7-9-13/h2-9H,10-11H2,1H3,(H,20,27). The van der Waals surface area contributed by atoms with Crippen LogP contribution in [0.3, 0.4) is 0 Å². The Labute approximate surface area is 163 Å². The monoisotopic (exact) mass is 397 g/mol. The zero-order chi connectivity index (χ0) is 19.5. The molecule has 0 aliphatic rings. The van der Waals surface area contributed by atoms with Gasteiger partial charge in [0.2, 0.25) is 5.91 Å². The summed E-state index contributed by atoms with van der Waals surface area (Å²) < 4.78 is 16.5. The zero-order valence-corrected chi connectivity index (χ0v) is 15.7. The minimum absolute atomic E-state index is 0.162. The topological polar surface area (TPSA) is 90.5 Å². The number of halogens is 1. The molecule has 1 N–H and O–H groups in total. The fourth-order valence-electron chi connectivity index (χ4n) is 2.64. The third-order valence-electron chi connectivity index (χ3n) is 4.10. The van der Waals surface area contributed by atoms with Crippen molar-refractivity contribution >= 4 is 34.4 Å². The highest BCUT2D eigenvalue weighted by Crippen LogP contribution is 2.18. The summed E-state index contributed by atoms with van der Waals surface area (Å²) in [5.74, 6) is 0.315. The molecule has 10 heteroatoms. The lowest BCUT2D eigenvalue weighted by Crippen LogP contribution is -2.14. The van der Waals surface area contributed by atoms with Crippen molar-refractivity contribution in [1.29, 1.82) is 0 Å². The first kappa shape index (κ1) is 18.1. The van der Waals surface area contributed by atoms with Crippen molar-refractivity contribution < 1.29 is 9.18 Å². The number of nitrogens with zero attached hydrogens (tertiary/aromatic N) is 6. The molecule has 2 heterocycles. The lowest BCUT2D eigenvalue weighted by atomic mass is 10.3. The van der Waals surface area contributed by atoms with Crippen LogP contribution in [0.4, 0.5) is 10.1 Å². The van der Waals surface area contributed by atoms with Gasteiger partial charge in [-0.05, 0) is 36.4 Å². The van der Waals surface area contributed by atoms with Crippen LogP contribution in [-0.4, -0.2) is 41.4 Å². The number of hydrogen-bond donors (Lipinski definition) is 1. The molecule has 28 heavy (non-hydrogen) atoms. The average Bonchev–Trinajstić information content (AvgIpc) is 3.27. The predicted molar refractivity (Wildman–Crippen MR) is 103 cm³/mol. The van der Waals surface area contributed by atoms with Gasteiger partial charge < -0.3 is 9.88 Å². The third-order valence-corrected chi connectivity index (χ3v) is 5.12. The number of para-hydroxylation sites is 1. The van der Waals surface area contributed by atoms with Crippen LogP contribution in [0.1, 0.15) is 5.82 Å². The van der Waals surface area contributed by atoms with E-state index in [1.807, 2.05) is 35.9 Å². The molecule has 2 aromatic carbocycles. The van der Waals surface area contributed by atoms with E-state index < -0.39 is 0 Å². The fraction of sp³-hybridized carbons (Fsp3) is 0.167. The van der Waals surface area contributed by atoms with Crippen molar-refractivity contribution in [3.63, 3.8) is 0 Å². The molecule has 0 radical (unpaired) electrons. The van der Waals surface area contributed by atoms with Crippen LogP contribution in [0.5, 0.6) is 0 Å². The maximum absolute atomic E-state index is 12.9. The molecule has 8 nitrogen and oxygen atoms in total. The van der Waals surface area contributed by atoms with Crippen LogP contribution in [-0.2, 0) is 18.4 Å². The highest BCUT2D eigenvalue weighted by atomic mass is 32.2. The second-order valence-corrected chi connectivity index (χ2v) is 6.98. The second kappa shape index (κ2) is 7.77. The van der Waals surface area contributed by atoms with E-state index in [0.717, 1.165) is 11.0 Å². The van der Waals surface area contributed by atoms with Gasteiger partial charge >= 0.3 is 0 Å². The normalized spacial score (nSPS) is 11.1. The first-order chi connectivity index (χ1) is 13.6. The fourth-order valence-corrected chi connectivity index (χ4v) is 3.37. The summed E-state index contributed by atoms with van der Waals surface area (Å²) in [5, 5.41) is 20.0. The quantitative estimate of drug-likeness (QED) is 0.503. The van der Waals surface area contributed by atoms with Gasteiger partial charge in [0.25, 0.3) is 0 Å². The van der Waals surface area contributed by atoms with E-state index >= 15 is 0 Å². The Bertz CT molecular complexity index is 1120. The van der Waals surface area contributed by atoms with E-state index in [2.05, 4.69) is 25.8 Å². The Morgan fingerprint density at radius 1 is 1.11 bits per heavy atom. The molecule has 0 aliphatic carbocycles. The summed E-state index contributed by atoms with van der Waals surface area (Å²) in [5.41, 5.74) is 2.28. The number of nitrogens with one attached hydrogen (secondary N) is 1. The molecule has 0 saturated carbocycles. The molecule has 1 amide bonds. The van der Waals surface area contributed by atoms with Crippen molar-refractivity contribution in [2.45, 2.75) is 11.7 Å². The number of carbonyl (C=O) groups is 1. The first-order valence-electron chi connectivity index (χ1n) is 8.45. The number of fused-ring (bicyclic) bond motifs is 1. The van der Waals surface area contributed by atoms with E-state index in [0.29, 0.717) is 23.2 Å². The van der Waals surface area contributed by atoms with Gasteiger partial charge in [-0.2, -0.15) is 0 Å². The molecule has 0 atom stereocenters. The van der Waals surface area contributed by atoms with Gasteiger partial charge in [0.15, 0.2) is 11.0 Å². The summed E-state index contributed by atoms with van der Waals surface area (Å²) in [7, 11) is 1.84. The second-order valence-electron chi connectivity index (χ2n) is 6.04. The van der Waals surface area contributed by atoms with E-state index in [-0.39, 0.29) is 17.5 Å². The van der Waals surface area contributed by atoms with Crippen LogP contribution in [0, 0.1) is 5.82 Å². The number of aromatic nitrogens is 6. The summed E-state index contributed by atoms with van der Waals surface area (Å²) in [6.45, 7) is 0.423. The molecule has 142 valence electrons. The van der Waals surface area contributed by atoms with Gasteiger partial charge in [0.05, 0.1) is 11.3 Å². The van der Waals surface area contributed by atoms with Crippen LogP contribution in [0.2, 0.25) is 0 Å². The minimum atomic E-state index is -0.348. The van der Waals surface area contributed by atoms with Gasteiger partial charge in [-0.15, -0.1) is 15.3 Å². The molecule has 2 aromatic heterocycles. The van der Waals surface area contributed by atoms with E-state index in [1.54, 1.807) is 4.68 Å². The lowest BCUT2D eigenvalue weighted by molar-refractivity contribution is -0.113. The van der Waals surface area contributed by atoms with Crippen LogP contribution in [0.25, 0.3) is 11.0 Å². The van der Waals surface area contributed by atoms with E-state index in [4.69, 9.17) is 0 Å². The molecule has 0 bridgehead atoms. The molecule has 4 aromatic rings. The lowest BCUT2D eigenvalue weighted by Gasteiger charge is -2.06. The number of rotatable bonds is 6. The van der Waals surface area contributed by atoms with Crippen molar-refractivity contribution in [2.75, 3.05) is 11.1 Å². The summed E-state index contributed by atoms with van der Waals surface area (Å²) in [6, 6.07) is 13.3. The van der Waals surface area contributed by atoms with Crippen LogP contribution >= 0.6 is 11.8 Å². The van der Waals surface area contributed by atoms with Gasteiger partial charge in [0.1, 0.15) is 17.9 Å². The predicted octanol–water partition coefficient (Wildman–Crippen LogP) is 2.48. The first-order valence-corrected chi connectivity index (χ1v) is 9.43. The van der Waals surface area contributed by atoms with Gasteiger partial charge in [-0.25, -0.2) is 9.07 Å². The number of anilines is 1. The van der Waals surface area contributed by atoms with Crippen LogP contribution < -0.4 is 5.32 Å². The Kier molecular flexibility index (Phi) is 5.02. The van der Waals surface area contributed by atoms with Gasteiger partial charge in [-0.3, -0.25) is 4.79 Å². The summed E-state index contributed by atoms with van der Waals surface area (Å²) in [6.07, 6.45) is 0. The average molecular weight is 397 g/mol. The molecule has 0 saturated heterocycles. The zero-order valence-electron chi connectivity index (χ0n) is 14.9. The van der Waals surface area contributed by atoms with Gasteiger partial charge in [-0.1, -0.05) is 29.1 Å². The van der Waals surface area contributed by atoms with E-state index in [9.17, 15) is 9.18 Å². The molecule has 0 unspecified atom stereocenters. The maximum atomic E-state index is 12.9. The summed E-state index contributed by atoms with van der Waals surface area (Å²) >= 11 is 1.27. The largest absolute Gasteiger partial charge is 0.325 e.